The summed E-state index contributed by atoms with van der Waals surface area (Å²) in [5, 5.41) is 11.6. The van der Waals surface area contributed by atoms with E-state index in [1.807, 2.05) is 36.4 Å². The van der Waals surface area contributed by atoms with Crippen LogP contribution in [0.2, 0.25) is 0 Å². The number of ether oxygens (including phenoxy) is 6. The van der Waals surface area contributed by atoms with Gasteiger partial charge >= 0.3 is 23.9 Å². The monoisotopic (exact) mass is 587 g/mol. The molecule has 3 rings (SSSR count). The first-order valence-corrected chi connectivity index (χ1v) is 13.6. The van der Waals surface area contributed by atoms with Crippen molar-refractivity contribution in [2.45, 2.75) is 90.2 Å². The smallest absolute Gasteiger partial charge is 0.303 e. The fourth-order valence-corrected chi connectivity index (χ4v) is 4.67. The molecule has 12 heteroatoms. The van der Waals surface area contributed by atoms with Gasteiger partial charge in [-0.2, -0.15) is 0 Å². The molecule has 0 bridgehead atoms. The van der Waals surface area contributed by atoms with Crippen LogP contribution in [0.3, 0.4) is 0 Å². The van der Waals surface area contributed by atoms with Gasteiger partial charge in [-0.1, -0.05) is 18.2 Å². The summed E-state index contributed by atoms with van der Waals surface area (Å²) in [5.41, 5.74) is 2.00. The first kappa shape index (κ1) is 32.5. The maximum Gasteiger partial charge on any atom is 0.303 e. The zero-order valence-corrected chi connectivity index (χ0v) is 24.1. The van der Waals surface area contributed by atoms with Crippen LogP contribution >= 0.6 is 0 Å². The largest absolute Gasteiger partial charge is 0.489 e. The molecule has 1 aliphatic rings. The molecule has 1 fully saturated rings. The van der Waals surface area contributed by atoms with Crippen LogP contribution < -0.4 is 4.74 Å². The maximum atomic E-state index is 12.0. The second kappa shape index (κ2) is 15.3. The average Bonchev–Trinajstić information content (AvgIpc) is 2.93. The zero-order valence-electron chi connectivity index (χ0n) is 24.1. The van der Waals surface area contributed by atoms with Crippen molar-refractivity contribution >= 4 is 23.9 Å². The van der Waals surface area contributed by atoms with Crippen molar-refractivity contribution in [3.8, 4) is 5.75 Å². The number of benzene rings is 1. The van der Waals surface area contributed by atoms with Crippen LogP contribution in [0.5, 0.6) is 5.75 Å². The molecule has 5 atom stereocenters. The number of hydrogen-bond acceptors (Lipinski definition) is 12. The molecule has 0 radical (unpaired) electrons. The van der Waals surface area contributed by atoms with Gasteiger partial charge in [0.25, 0.3) is 0 Å². The van der Waals surface area contributed by atoms with Gasteiger partial charge in [0.05, 0.1) is 0 Å². The summed E-state index contributed by atoms with van der Waals surface area (Å²) in [6.07, 6.45) is -0.362. The Morgan fingerprint density at radius 1 is 0.857 bits per heavy atom. The standard InChI is InChI=1S/C30H37NO11/c1-19(32)37-18-26-27(39-20(2)33)28(40-21(3)34)29(41-22(4)35)30(36,42-26)14-6-5-8-23-10-12-25(13-11-23)38-17-24-9-7-15-31-16-24/h7,9-13,15-16,26-29,36H,5-6,8,14,17-18H2,1-4H3/t26-,27-,28+,29-,30-/m1/s1. The fraction of sp³-hybridized carbons (Fsp3) is 0.500. The van der Waals surface area contributed by atoms with Crippen molar-refractivity contribution in [3.05, 3.63) is 59.9 Å². The number of nitrogens with zero attached hydrogens (tertiary/aromatic N) is 1. The second-order valence-electron chi connectivity index (χ2n) is 9.98. The van der Waals surface area contributed by atoms with E-state index in [2.05, 4.69) is 4.98 Å². The lowest BCUT2D eigenvalue weighted by Crippen LogP contribution is -2.68. The lowest BCUT2D eigenvalue weighted by Gasteiger charge is -2.48. The molecular weight excluding hydrogens is 550 g/mol. The molecule has 228 valence electrons. The Morgan fingerprint density at radius 2 is 1.52 bits per heavy atom. The molecule has 42 heavy (non-hydrogen) atoms. The molecule has 12 nitrogen and oxygen atoms in total. The highest BCUT2D eigenvalue weighted by atomic mass is 16.7. The minimum Gasteiger partial charge on any atom is -0.489 e. The first-order valence-electron chi connectivity index (χ1n) is 13.6. The van der Waals surface area contributed by atoms with Gasteiger partial charge < -0.3 is 33.5 Å². The SMILES string of the molecule is CC(=O)OC[C@H]1O[C@](O)(CCCCc2ccc(OCc3cccnc3)cc2)[C@H](OC(C)=O)[C@@H](OC(C)=O)[C@@H]1OC(C)=O. The van der Waals surface area contributed by atoms with Crippen LogP contribution in [0.15, 0.2) is 48.8 Å². The minimum atomic E-state index is -2.14. The highest BCUT2D eigenvalue weighted by Gasteiger charge is 2.59. The van der Waals surface area contributed by atoms with Crippen molar-refractivity contribution < 1.29 is 52.7 Å². The van der Waals surface area contributed by atoms with Gasteiger partial charge in [-0.05, 0) is 43.0 Å². The van der Waals surface area contributed by atoms with Gasteiger partial charge in [-0.25, -0.2) is 0 Å². The van der Waals surface area contributed by atoms with E-state index in [0.29, 0.717) is 25.9 Å². The first-order chi connectivity index (χ1) is 20.0. The highest BCUT2D eigenvalue weighted by Crippen LogP contribution is 2.37. The normalized spacial score (nSPS) is 23.4. The Kier molecular flexibility index (Phi) is 11.8. The molecule has 0 unspecified atom stereocenters. The number of aryl methyl sites for hydroxylation is 1. The van der Waals surface area contributed by atoms with Crippen LogP contribution in [-0.2, 0) is 55.9 Å². The van der Waals surface area contributed by atoms with Gasteiger partial charge in [0.1, 0.15) is 25.1 Å². The predicted octanol–water partition coefficient (Wildman–Crippen LogP) is 2.82. The van der Waals surface area contributed by atoms with Crippen LogP contribution in [0.1, 0.15) is 58.1 Å². The number of pyridine rings is 1. The topological polar surface area (TPSA) is 157 Å². The summed E-state index contributed by atoms with van der Waals surface area (Å²) in [4.78, 5) is 51.4. The summed E-state index contributed by atoms with van der Waals surface area (Å²) in [7, 11) is 0. The van der Waals surface area contributed by atoms with E-state index in [9.17, 15) is 24.3 Å². The van der Waals surface area contributed by atoms with Crippen molar-refractivity contribution in [2.75, 3.05) is 6.61 Å². The molecule has 0 spiro atoms. The lowest BCUT2D eigenvalue weighted by atomic mass is 9.88. The third-order valence-electron chi connectivity index (χ3n) is 6.44. The van der Waals surface area contributed by atoms with Gasteiger partial charge in [0, 0.05) is 52.1 Å². The number of rotatable bonds is 13. The van der Waals surface area contributed by atoms with Crippen LogP contribution in [-0.4, -0.2) is 70.8 Å². The maximum absolute atomic E-state index is 12.0. The Hall–Kier alpha value is -4.03. The predicted molar refractivity (Wildman–Crippen MR) is 146 cm³/mol. The second-order valence-corrected chi connectivity index (χ2v) is 9.98. The molecule has 1 aliphatic heterocycles. The van der Waals surface area contributed by atoms with E-state index in [-0.39, 0.29) is 6.42 Å². The van der Waals surface area contributed by atoms with Gasteiger partial charge in [-0.15, -0.1) is 0 Å². The lowest BCUT2D eigenvalue weighted by molar-refractivity contribution is -0.354. The summed E-state index contributed by atoms with van der Waals surface area (Å²) in [6, 6.07) is 11.4. The molecule has 2 aromatic rings. The number of esters is 4. The molecule has 1 N–H and O–H groups in total. The van der Waals surface area contributed by atoms with Crippen molar-refractivity contribution in [1.82, 2.24) is 4.98 Å². The fourth-order valence-electron chi connectivity index (χ4n) is 4.67. The number of unbranched alkanes of at least 4 members (excludes halogenated alkanes) is 1. The van der Waals surface area contributed by atoms with E-state index < -0.39 is 60.7 Å². The molecule has 0 saturated carbocycles. The molecule has 1 aromatic carbocycles. The highest BCUT2D eigenvalue weighted by molar-refractivity contribution is 5.68. The van der Waals surface area contributed by atoms with E-state index in [1.54, 1.807) is 12.4 Å². The Labute approximate surface area is 244 Å². The summed E-state index contributed by atoms with van der Waals surface area (Å²) >= 11 is 0. The Balaban J connectivity index is 1.69. The van der Waals surface area contributed by atoms with Crippen molar-refractivity contribution in [2.24, 2.45) is 0 Å². The van der Waals surface area contributed by atoms with Crippen LogP contribution in [0.4, 0.5) is 0 Å². The zero-order chi connectivity index (χ0) is 30.7. The number of hydrogen-bond donors (Lipinski definition) is 1. The number of carbonyl (C=O) groups is 4. The number of carbonyl (C=O) groups excluding carboxylic acids is 4. The van der Waals surface area contributed by atoms with E-state index in [0.717, 1.165) is 37.6 Å². The summed E-state index contributed by atoms with van der Waals surface area (Å²) in [5.74, 6) is -4.34. The minimum absolute atomic E-state index is 0.0294. The van der Waals surface area contributed by atoms with Crippen molar-refractivity contribution in [3.63, 3.8) is 0 Å². The van der Waals surface area contributed by atoms with E-state index in [4.69, 9.17) is 28.4 Å². The van der Waals surface area contributed by atoms with Gasteiger partial charge in [0.15, 0.2) is 18.3 Å². The summed E-state index contributed by atoms with van der Waals surface area (Å²) in [6.45, 7) is 4.56. The average molecular weight is 588 g/mol. The van der Waals surface area contributed by atoms with Crippen molar-refractivity contribution in [1.29, 1.82) is 0 Å². The quantitative estimate of drug-likeness (QED) is 0.208. The van der Waals surface area contributed by atoms with Crippen LogP contribution in [0.25, 0.3) is 0 Å². The van der Waals surface area contributed by atoms with Gasteiger partial charge in [-0.3, -0.25) is 24.2 Å². The number of aromatic nitrogens is 1. The molecule has 1 saturated heterocycles. The molecule has 1 aromatic heterocycles. The van der Waals surface area contributed by atoms with E-state index in [1.165, 1.54) is 6.92 Å². The number of aliphatic hydroxyl groups is 1. The Morgan fingerprint density at radius 3 is 2.12 bits per heavy atom. The Bertz CT molecular complexity index is 1200. The molecule has 0 amide bonds. The molecule has 2 heterocycles. The molecule has 0 aliphatic carbocycles. The third-order valence-corrected chi connectivity index (χ3v) is 6.44. The third kappa shape index (κ3) is 9.81. The molecular formula is C30H37NO11. The summed E-state index contributed by atoms with van der Waals surface area (Å²) < 4.78 is 32.9. The van der Waals surface area contributed by atoms with Crippen LogP contribution in [0, 0.1) is 0 Å². The van der Waals surface area contributed by atoms with E-state index >= 15 is 0 Å². The van der Waals surface area contributed by atoms with Gasteiger partial charge in [0.2, 0.25) is 5.79 Å².